The highest BCUT2D eigenvalue weighted by atomic mass is 16.5. The second-order valence-corrected chi connectivity index (χ2v) is 4.74. The van der Waals surface area contributed by atoms with Crippen LogP contribution in [-0.2, 0) is 17.6 Å². The van der Waals surface area contributed by atoms with E-state index in [1.54, 1.807) is 24.3 Å². The van der Waals surface area contributed by atoms with Gasteiger partial charge in [-0.3, -0.25) is 4.79 Å². The van der Waals surface area contributed by atoms with Crippen LogP contribution >= 0.6 is 0 Å². The Hall–Kier alpha value is -2.93. The van der Waals surface area contributed by atoms with Crippen LogP contribution in [0.25, 0.3) is 0 Å². The lowest BCUT2D eigenvalue weighted by atomic mass is 9.95. The first-order valence-electron chi connectivity index (χ1n) is 6.81. The van der Waals surface area contributed by atoms with Crippen LogP contribution in [0, 0.1) is 11.3 Å². The summed E-state index contributed by atoms with van der Waals surface area (Å²) in [7, 11) is 1.28. The van der Waals surface area contributed by atoms with Gasteiger partial charge in [-0.25, -0.2) is 4.79 Å². The minimum atomic E-state index is -0.533. The van der Waals surface area contributed by atoms with E-state index in [1.165, 1.54) is 7.11 Å². The van der Waals surface area contributed by atoms with Crippen molar-refractivity contribution in [1.82, 2.24) is 0 Å². The summed E-state index contributed by atoms with van der Waals surface area (Å²) in [6.07, 6.45) is 0.397. The molecule has 0 aliphatic rings. The Balaban J connectivity index is 2.31. The quantitative estimate of drug-likeness (QED) is 0.628. The summed E-state index contributed by atoms with van der Waals surface area (Å²) in [6, 6.07) is 16.0. The molecule has 0 bridgehead atoms. The fourth-order valence-corrected chi connectivity index (χ4v) is 2.27. The molecular weight excluding hydrogens is 278 g/mol. The van der Waals surface area contributed by atoms with Crippen molar-refractivity contribution in [3.63, 3.8) is 0 Å². The molecule has 2 rings (SSSR count). The van der Waals surface area contributed by atoms with Crippen LogP contribution in [0.15, 0.2) is 48.5 Å². The second kappa shape index (κ2) is 7.19. The number of carbonyl (C=O) groups excluding carboxylic acids is 2. The number of ketones is 1. The van der Waals surface area contributed by atoms with E-state index in [1.807, 2.05) is 24.3 Å². The van der Waals surface area contributed by atoms with Crippen LogP contribution < -0.4 is 0 Å². The number of esters is 1. The number of methoxy groups -OCH3 is 1. The zero-order chi connectivity index (χ0) is 15.9. The van der Waals surface area contributed by atoms with Crippen LogP contribution in [-0.4, -0.2) is 18.9 Å². The van der Waals surface area contributed by atoms with Crippen LogP contribution in [0.5, 0.6) is 0 Å². The number of benzene rings is 2. The molecule has 4 heteroatoms. The van der Waals surface area contributed by atoms with Crippen molar-refractivity contribution in [1.29, 1.82) is 5.26 Å². The van der Waals surface area contributed by atoms with Crippen LogP contribution in [0.2, 0.25) is 0 Å². The van der Waals surface area contributed by atoms with Gasteiger partial charge in [-0.15, -0.1) is 0 Å². The molecule has 0 fully saturated rings. The van der Waals surface area contributed by atoms with Gasteiger partial charge in [-0.2, -0.15) is 5.26 Å². The molecule has 2 aromatic rings. The molecule has 0 saturated heterocycles. The first kappa shape index (κ1) is 15.5. The van der Waals surface area contributed by atoms with Gasteiger partial charge in [0.2, 0.25) is 0 Å². The molecule has 0 spiro atoms. The van der Waals surface area contributed by atoms with Gasteiger partial charge in [-0.05, 0) is 17.2 Å². The molecule has 22 heavy (non-hydrogen) atoms. The van der Waals surface area contributed by atoms with Crippen molar-refractivity contribution in [2.24, 2.45) is 0 Å². The van der Waals surface area contributed by atoms with E-state index < -0.39 is 5.97 Å². The minimum Gasteiger partial charge on any atom is -0.465 e. The topological polar surface area (TPSA) is 67.2 Å². The van der Waals surface area contributed by atoms with Gasteiger partial charge in [0, 0.05) is 12.0 Å². The summed E-state index contributed by atoms with van der Waals surface area (Å²) in [5, 5.41) is 8.85. The third-order valence-electron chi connectivity index (χ3n) is 3.37. The third-order valence-corrected chi connectivity index (χ3v) is 3.37. The molecule has 0 radical (unpaired) electrons. The normalized spacial score (nSPS) is 9.82. The van der Waals surface area contributed by atoms with Crippen molar-refractivity contribution >= 4 is 11.8 Å². The van der Waals surface area contributed by atoms with Gasteiger partial charge in [0.1, 0.15) is 0 Å². The standard InChI is InChI=1S/C18H15NO3/c1-22-18(21)16-9-5-4-8-15(16)17(20)12-14-7-3-2-6-13(14)10-11-19/h2-9H,10,12H2,1H3. The Morgan fingerprint density at radius 2 is 1.59 bits per heavy atom. The summed E-state index contributed by atoms with van der Waals surface area (Å²) in [5.74, 6) is -0.708. The van der Waals surface area contributed by atoms with Gasteiger partial charge in [-0.1, -0.05) is 42.5 Å². The maximum absolute atomic E-state index is 12.5. The number of ether oxygens (including phenoxy) is 1. The fourth-order valence-electron chi connectivity index (χ4n) is 2.27. The van der Waals surface area contributed by atoms with Gasteiger partial charge in [0.25, 0.3) is 0 Å². The molecule has 0 atom stereocenters. The lowest BCUT2D eigenvalue weighted by molar-refractivity contribution is 0.0597. The molecule has 0 saturated carbocycles. The summed E-state index contributed by atoms with van der Waals surface area (Å²) in [4.78, 5) is 24.3. The molecule has 0 N–H and O–H groups in total. The van der Waals surface area contributed by atoms with Crippen LogP contribution in [0.3, 0.4) is 0 Å². The highest BCUT2D eigenvalue weighted by molar-refractivity contribution is 6.07. The molecular formula is C18H15NO3. The number of hydrogen-bond acceptors (Lipinski definition) is 4. The maximum Gasteiger partial charge on any atom is 0.338 e. The molecule has 2 aromatic carbocycles. The van der Waals surface area contributed by atoms with E-state index in [4.69, 9.17) is 10.00 Å². The first-order valence-corrected chi connectivity index (χ1v) is 6.81. The number of nitrogens with zero attached hydrogens (tertiary/aromatic N) is 1. The third kappa shape index (κ3) is 3.39. The zero-order valence-corrected chi connectivity index (χ0v) is 12.2. The van der Waals surface area contributed by atoms with E-state index >= 15 is 0 Å². The summed E-state index contributed by atoms with van der Waals surface area (Å²) >= 11 is 0. The Morgan fingerprint density at radius 1 is 1.00 bits per heavy atom. The van der Waals surface area contributed by atoms with Gasteiger partial charge in [0.15, 0.2) is 5.78 Å². The number of carbonyl (C=O) groups is 2. The molecule has 0 aliphatic heterocycles. The summed E-state index contributed by atoms with van der Waals surface area (Å²) in [6.45, 7) is 0. The summed E-state index contributed by atoms with van der Waals surface area (Å²) in [5.41, 5.74) is 2.22. The Kier molecular flexibility index (Phi) is 5.05. The molecule has 0 unspecified atom stereocenters. The van der Waals surface area contributed by atoms with E-state index in [0.717, 1.165) is 11.1 Å². The molecule has 0 amide bonds. The van der Waals surface area contributed by atoms with Crippen molar-refractivity contribution < 1.29 is 14.3 Å². The largest absolute Gasteiger partial charge is 0.465 e. The fraction of sp³-hybridized carbons (Fsp3) is 0.167. The SMILES string of the molecule is COC(=O)c1ccccc1C(=O)Cc1ccccc1CC#N. The highest BCUT2D eigenvalue weighted by Crippen LogP contribution is 2.16. The van der Waals surface area contributed by atoms with Crippen molar-refractivity contribution in [3.8, 4) is 6.07 Å². The van der Waals surface area contributed by atoms with E-state index in [2.05, 4.69) is 6.07 Å². The number of nitriles is 1. The molecule has 0 aromatic heterocycles. The highest BCUT2D eigenvalue weighted by Gasteiger charge is 2.18. The van der Waals surface area contributed by atoms with E-state index in [-0.39, 0.29) is 24.2 Å². The van der Waals surface area contributed by atoms with Crippen LogP contribution in [0.4, 0.5) is 0 Å². The first-order chi connectivity index (χ1) is 10.7. The average Bonchev–Trinajstić information content (AvgIpc) is 2.56. The molecule has 4 nitrogen and oxygen atoms in total. The molecule has 0 aliphatic carbocycles. The maximum atomic E-state index is 12.5. The van der Waals surface area contributed by atoms with Crippen molar-refractivity contribution in [3.05, 3.63) is 70.8 Å². The summed E-state index contributed by atoms with van der Waals surface area (Å²) < 4.78 is 4.71. The second-order valence-electron chi connectivity index (χ2n) is 4.74. The lowest BCUT2D eigenvalue weighted by Crippen LogP contribution is -2.13. The van der Waals surface area contributed by atoms with Crippen molar-refractivity contribution in [2.75, 3.05) is 7.11 Å². The van der Waals surface area contributed by atoms with Gasteiger partial charge < -0.3 is 4.74 Å². The van der Waals surface area contributed by atoms with Crippen LogP contribution in [0.1, 0.15) is 31.8 Å². The molecule has 110 valence electrons. The van der Waals surface area contributed by atoms with E-state index in [0.29, 0.717) is 5.56 Å². The average molecular weight is 293 g/mol. The number of hydrogen-bond donors (Lipinski definition) is 0. The van der Waals surface area contributed by atoms with E-state index in [9.17, 15) is 9.59 Å². The Labute approximate surface area is 129 Å². The smallest absolute Gasteiger partial charge is 0.338 e. The monoisotopic (exact) mass is 293 g/mol. The minimum absolute atomic E-state index is 0.145. The number of Topliss-reactive ketones (excluding diaryl/α,β-unsaturated/α-hetero) is 1. The van der Waals surface area contributed by atoms with Crippen molar-refractivity contribution in [2.45, 2.75) is 12.8 Å². The van der Waals surface area contributed by atoms with Gasteiger partial charge >= 0.3 is 5.97 Å². The zero-order valence-electron chi connectivity index (χ0n) is 12.2. The predicted molar refractivity (Wildman–Crippen MR) is 81.6 cm³/mol. The number of rotatable bonds is 5. The molecule has 0 heterocycles. The Morgan fingerprint density at radius 3 is 2.23 bits per heavy atom. The van der Waals surface area contributed by atoms with Gasteiger partial charge in [0.05, 0.1) is 25.2 Å². The Bertz CT molecular complexity index is 744. The lowest BCUT2D eigenvalue weighted by Gasteiger charge is -2.09. The predicted octanol–water partition coefficient (Wildman–Crippen LogP) is 2.96.